The van der Waals surface area contributed by atoms with Crippen LogP contribution in [0.25, 0.3) is 0 Å². The van der Waals surface area contributed by atoms with Crippen molar-refractivity contribution in [1.82, 2.24) is 0 Å². The molecule has 14 heavy (non-hydrogen) atoms. The van der Waals surface area contributed by atoms with Crippen molar-refractivity contribution >= 4 is 17.7 Å². The third-order valence-corrected chi connectivity index (χ3v) is 3.48. The summed E-state index contributed by atoms with van der Waals surface area (Å²) in [5.41, 5.74) is 6.58. The third-order valence-electron chi connectivity index (χ3n) is 2.34. The van der Waals surface area contributed by atoms with Crippen LogP contribution >= 0.6 is 11.8 Å². The van der Waals surface area contributed by atoms with Crippen molar-refractivity contribution in [3.63, 3.8) is 0 Å². The first-order valence-corrected chi connectivity index (χ1v) is 5.12. The van der Waals surface area contributed by atoms with Crippen molar-refractivity contribution < 1.29 is 9.53 Å². The van der Waals surface area contributed by atoms with E-state index in [1.165, 1.54) is 11.8 Å². The van der Waals surface area contributed by atoms with Gasteiger partial charge in [0.05, 0.1) is 5.57 Å². The SMILES string of the molecule is NC(=O)C1=C2C3=CC=CC=C2SC1O3. The summed E-state index contributed by atoms with van der Waals surface area (Å²) in [6, 6.07) is 0. The topological polar surface area (TPSA) is 52.3 Å². The molecule has 1 amide bonds. The lowest BCUT2D eigenvalue weighted by Gasteiger charge is -2.15. The first kappa shape index (κ1) is 7.94. The van der Waals surface area contributed by atoms with Gasteiger partial charge in [-0.25, -0.2) is 0 Å². The molecule has 0 spiro atoms. The zero-order valence-electron chi connectivity index (χ0n) is 7.19. The molecular formula is C10H7NO2S. The lowest BCUT2D eigenvalue weighted by Crippen LogP contribution is -2.18. The average molecular weight is 205 g/mol. The molecule has 3 aliphatic rings. The predicted molar refractivity (Wildman–Crippen MR) is 54.0 cm³/mol. The minimum absolute atomic E-state index is 0.222. The Hall–Kier alpha value is -1.42. The van der Waals surface area contributed by atoms with E-state index in [9.17, 15) is 4.79 Å². The normalized spacial score (nSPS) is 27.0. The number of ether oxygens (including phenoxy) is 1. The Balaban J connectivity index is 2.25. The average Bonchev–Trinajstić information content (AvgIpc) is 2.64. The van der Waals surface area contributed by atoms with Crippen molar-refractivity contribution in [1.29, 1.82) is 0 Å². The van der Waals surface area contributed by atoms with Crippen molar-refractivity contribution in [2.75, 3.05) is 0 Å². The maximum atomic E-state index is 11.2. The van der Waals surface area contributed by atoms with Crippen LogP contribution < -0.4 is 5.73 Å². The van der Waals surface area contributed by atoms with Gasteiger partial charge in [0.25, 0.3) is 0 Å². The molecule has 4 heteroatoms. The minimum atomic E-state index is -0.383. The Labute approximate surface area is 85.0 Å². The highest BCUT2D eigenvalue weighted by molar-refractivity contribution is 8.04. The summed E-state index contributed by atoms with van der Waals surface area (Å²) in [5, 5.41) is 0. The zero-order chi connectivity index (χ0) is 9.71. The Kier molecular flexibility index (Phi) is 1.44. The van der Waals surface area contributed by atoms with E-state index in [1.54, 1.807) is 0 Å². The first-order valence-electron chi connectivity index (χ1n) is 4.24. The maximum absolute atomic E-state index is 11.2. The lowest BCUT2D eigenvalue weighted by atomic mass is 10.1. The van der Waals surface area contributed by atoms with Crippen LogP contribution in [0.15, 0.2) is 46.1 Å². The molecule has 3 rings (SSSR count). The Bertz CT molecular complexity index is 429. The molecule has 0 saturated carbocycles. The second-order valence-electron chi connectivity index (χ2n) is 3.17. The van der Waals surface area contributed by atoms with Gasteiger partial charge < -0.3 is 10.5 Å². The number of hydrogen-bond acceptors (Lipinski definition) is 3. The van der Waals surface area contributed by atoms with Gasteiger partial charge >= 0.3 is 0 Å². The number of carbonyl (C=O) groups excluding carboxylic acids is 1. The van der Waals surface area contributed by atoms with Gasteiger partial charge in [-0.3, -0.25) is 4.79 Å². The van der Waals surface area contributed by atoms with Gasteiger partial charge in [-0.05, 0) is 12.2 Å². The molecule has 1 atom stereocenters. The number of nitrogens with two attached hydrogens (primary N) is 1. The van der Waals surface area contributed by atoms with Crippen molar-refractivity contribution in [2.45, 2.75) is 5.44 Å². The molecule has 0 fully saturated rings. The molecule has 0 saturated heterocycles. The monoisotopic (exact) mass is 205 g/mol. The van der Waals surface area contributed by atoms with E-state index in [2.05, 4.69) is 0 Å². The second-order valence-corrected chi connectivity index (χ2v) is 4.27. The lowest BCUT2D eigenvalue weighted by molar-refractivity contribution is -0.114. The van der Waals surface area contributed by atoms with Crippen molar-refractivity contribution in [3.8, 4) is 0 Å². The van der Waals surface area contributed by atoms with E-state index in [0.717, 1.165) is 16.2 Å². The maximum Gasteiger partial charge on any atom is 0.250 e. The van der Waals surface area contributed by atoms with E-state index in [4.69, 9.17) is 10.5 Å². The van der Waals surface area contributed by atoms with Gasteiger partial charge in [0.2, 0.25) is 5.91 Å². The Morgan fingerprint density at radius 1 is 1.43 bits per heavy atom. The number of rotatable bonds is 1. The van der Waals surface area contributed by atoms with E-state index in [1.807, 2.05) is 24.3 Å². The predicted octanol–water partition coefficient (Wildman–Crippen LogP) is 1.21. The molecule has 2 bridgehead atoms. The number of allylic oxidation sites excluding steroid dienone is 5. The van der Waals surface area contributed by atoms with Crippen LogP contribution in [0.1, 0.15) is 0 Å². The van der Waals surface area contributed by atoms with Crippen LogP contribution in [-0.4, -0.2) is 11.3 Å². The summed E-state index contributed by atoms with van der Waals surface area (Å²) in [4.78, 5) is 12.3. The summed E-state index contributed by atoms with van der Waals surface area (Å²) in [6.07, 6.45) is 7.68. The van der Waals surface area contributed by atoms with Gasteiger partial charge in [-0.2, -0.15) is 0 Å². The number of hydrogen-bond donors (Lipinski definition) is 1. The summed E-state index contributed by atoms with van der Waals surface area (Å²) in [5.74, 6) is 0.383. The molecule has 2 heterocycles. The van der Waals surface area contributed by atoms with Gasteiger partial charge in [0.1, 0.15) is 5.76 Å². The molecule has 3 nitrogen and oxygen atoms in total. The quantitative estimate of drug-likeness (QED) is 0.700. The van der Waals surface area contributed by atoms with Crippen LogP contribution in [0.2, 0.25) is 0 Å². The fourth-order valence-corrected chi connectivity index (χ4v) is 2.99. The molecule has 2 aliphatic heterocycles. The highest BCUT2D eigenvalue weighted by Gasteiger charge is 2.43. The number of carbonyl (C=O) groups is 1. The minimum Gasteiger partial charge on any atom is -0.474 e. The summed E-state index contributed by atoms with van der Waals surface area (Å²) in [7, 11) is 0. The highest BCUT2D eigenvalue weighted by Crippen LogP contribution is 2.53. The summed E-state index contributed by atoms with van der Waals surface area (Å²) < 4.78 is 5.54. The number of fused-ring (bicyclic) bond motifs is 1. The first-order chi connectivity index (χ1) is 6.77. The van der Waals surface area contributed by atoms with Crippen molar-refractivity contribution in [2.24, 2.45) is 5.73 Å². The number of thioether (sulfide) groups is 1. The molecule has 0 radical (unpaired) electrons. The molecule has 70 valence electrons. The highest BCUT2D eigenvalue weighted by atomic mass is 32.2. The van der Waals surface area contributed by atoms with Gasteiger partial charge in [0.15, 0.2) is 5.44 Å². The van der Waals surface area contributed by atoms with Gasteiger partial charge in [0, 0.05) is 10.5 Å². The van der Waals surface area contributed by atoms with E-state index < -0.39 is 0 Å². The Morgan fingerprint density at radius 3 is 2.93 bits per heavy atom. The van der Waals surface area contributed by atoms with Crippen LogP contribution in [0, 0.1) is 0 Å². The van der Waals surface area contributed by atoms with E-state index in [-0.39, 0.29) is 11.3 Å². The van der Waals surface area contributed by atoms with Gasteiger partial charge in [-0.1, -0.05) is 23.9 Å². The molecule has 0 aromatic carbocycles. The van der Waals surface area contributed by atoms with E-state index in [0.29, 0.717) is 5.57 Å². The standard InChI is InChI=1S/C10H7NO2S/c11-9(12)8-7-5-3-1-2-4-6(7)14-10(8)13-5/h1-4,10H,(H2,11,12). The van der Waals surface area contributed by atoms with Gasteiger partial charge in [-0.15, -0.1) is 0 Å². The summed E-state index contributed by atoms with van der Waals surface area (Å²) in [6.45, 7) is 0. The third kappa shape index (κ3) is 0.861. The molecule has 1 aliphatic carbocycles. The Morgan fingerprint density at radius 2 is 2.21 bits per heavy atom. The largest absolute Gasteiger partial charge is 0.474 e. The second kappa shape index (κ2) is 2.54. The molecule has 1 unspecified atom stereocenters. The van der Waals surface area contributed by atoms with E-state index >= 15 is 0 Å². The fourth-order valence-electron chi connectivity index (χ4n) is 1.77. The van der Waals surface area contributed by atoms with Crippen LogP contribution in [-0.2, 0) is 9.53 Å². The molecule has 2 N–H and O–H groups in total. The number of primary amides is 1. The molecular weight excluding hydrogens is 198 g/mol. The van der Waals surface area contributed by atoms with Crippen molar-refractivity contribution in [3.05, 3.63) is 46.1 Å². The van der Waals surface area contributed by atoms with Crippen LogP contribution in [0.4, 0.5) is 0 Å². The zero-order valence-corrected chi connectivity index (χ0v) is 8.01. The fraction of sp³-hybridized carbons (Fsp3) is 0.100. The summed E-state index contributed by atoms with van der Waals surface area (Å²) >= 11 is 1.54. The number of amides is 1. The molecule has 0 aromatic heterocycles. The molecule has 0 aromatic rings. The smallest absolute Gasteiger partial charge is 0.250 e. The van der Waals surface area contributed by atoms with Crippen LogP contribution in [0.3, 0.4) is 0 Å². The van der Waals surface area contributed by atoms with Crippen LogP contribution in [0.5, 0.6) is 0 Å².